The minimum absolute atomic E-state index is 0.0439. The van der Waals surface area contributed by atoms with Crippen molar-refractivity contribution in [1.29, 1.82) is 0 Å². The van der Waals surface area contributed by atoms with Gasteiger partial charge in [-0.1, -0.05) is 66.5 Å². The maximum absolute atomic E-state index is 13.6. The fourth-order valence-electron chi connectivity index (χ4n) is 14.7. The summed E-state index contributed by atoms with van der Waals surface area (Å²) in [6, 6.07) is 18.9. The molecule has 0 unspecified atom stereocenters. The van der Waals surface area contributed by atoms with Crippen LogP contribution in [0.25, 0.3) is 0 Å². The Kier molecular flexibility index (Phi) is 25.0. The van der Waals surface area contributed by atoms with Crippen LogP contribution in [0.4, 0.5) is 96.3 Å². The zero-order valence-electron chi connectivity index (χ0n) is 61.7. The molecular formula is C78H96F9N15O5. The highest BCUT2D eigenvalue weighted by atomic mass is 19.4. The first-order chi connectivity index (χ1) is 50.9. The normalized spacial score (nSPS) is 19.9. The molecular weight excluding hydrogens is 1400 g/mol. The molecule has 576 valence electrons. The van der Waals surface area contributed by atoms with Gasteiger partial charge in [0.05, 0.1) is 58.9 Å². The standard InChI is InChI=1S/C28H35F3N4O2.C27H34F3N5O2.C23H27F3N6O/c1-4-18(2)7-8-20-9-10-21(32-16-20)15-26(37)35-22-6-5-13-34(17-22)24-12-11-23(33-27(24)35)25(36)14-19(3)28(29,30)31;1-4-17(2)7-8-19-11-12-31-24(15-19)33-26(37)35-20-6-5-13-34(16-20)22-10-9-21(32-25(22)35)23(36)14-18(3)27(28,29)30;1-14-6-7-19(27-11-14)29-22(33)17-10-18-20(28-16-5-3-8-31(18)13-16)30-21(17)32-9-2-4-15(12-32)23(24,25)26/h9-12,16,18-19,22H,4-8,13-15,17H2,1-3H3;9-12,15,17-18,20H,4-8,13-14,16H2,1-3H3,(H,31,33,37);6-7,10-11,15-16H,2-5,8-9,12-13H2,1H3,(H,28,30)(H,27,29,33)/t18-,19-,22-;17-,18+,20+;15-,16-/m010/s1. The van der Waals surface area contributed by atoms with Crippen LogP contribution in [0.15, 0.2) is 85.3 Å². The van der Waals surface area contributed by atoms with E-state index in [9.17, 15) is 63.5 Å². The first-order valence-corrected chi connectivity index (χ1v) is 37.6. The maximum atomic E-state index is 13.6. The number of urea groups is 1. The van der Waals surface area contributed by atoms with Gasteiger partial charge in [-0.15, -0.1) is 0 Å². The van der Waals surface area contributed by atoms with Crippen LogP contribution in [0.1, 0.15) is 185 Å². The molecule has 107 heavy (non-hydrogen) atoms. The third-order valence-corrected chi connectivity index (χ3v) is 21.7. The monoisotopic (exact) mass is 1490 g/mol. The number of aromatic nitrogens is 6. The molecule has 0 radical (unpaired) electrons. The van der Waals surface area contributed by atoms with Crippen LogP contribution in [0.2, 0.25) is 0 Å². The number of piperidine rings is 4. The van der Waals surface area contributed by atoms with Crippen molar-refractivity contribution in [3.63, 3.8) is 0 Å². The Morgan fingerprint density at radius 2 is 1.12 bits per heavy atom. The molecule has 0 spiro atoms. The van der Waals surface area contributed by atoms with Gasteiger partial charge in [-0.05, 0) is 167 Å². The molecule has 20 nitrogen and oxygen atoms in total. The van der Waals surface area contributed by atoms with E-state index in [1.54, 1.807) is 51.4 Å². The minimum atomic E-state index is -4.46. The Morgan fingerprint density at radius 3 is 1.69 bits per heavy atom. The van der Waals surface area contributed by atoms with Crippen LogP contribution in [-0.2, 0) is 24.1 Å². The molecule has 13 rings (SSSR count). The molecule has 7 aliphatic rings. The number of aryl methyl sites for hydroxylation is 3. The number of Topliss-reactive ketones (excluding diaryl/α,β-unsaturated/α-hetero) is 2. The first-order valence-electron chi connectivity index (χ1n) is 37.6. The van der Waals surface area contributed by atoms with E-state index >= 15 is 0 Å². The predicted molar refractivity (Wildman–Crippen MR) is 395 cm³/mol. The zero-order chi connectivity index (χ0) is 76.6. The Labute approximate surface area is 618 Å². The number of hydrogen-bond donors (Lipinski definition) is 3. The molecule has 0 aliphatic carbocycles. The van der Waals surface area contributed by atoms with Crippen LogP contribution in [0.3, 0.4) is 0 Å². The number of carbonyl (C=O) groups excluding carboxylic acids is 5. The number of fused-ring (bicyclic) bond motifs is 12. The number of alkyl halides is 9. The van der Waals surface area contributed by atoms with E-state index in [1.165, 1.54) is 12.1 Å². The van der Waals surface area contributed by atoms with Gasteiger partial charge in [0, 0.05) is 95.5 Å². The van der Waals surface area contributed by atoms with Crippen molar-refractivity contribution in [3.8, 4) is 0 Å². The van der Waals surface area contributed by atoms with E-state index in [-0.39, 0.29) is 60.4 Å². The third kappa shape index (κ3) is 19.6. The number of anilines is 9. The van der Waals surface area contributed by atoms with Crippen LogP contribution in [-0.4, -0.2) is 148 Å². The Balaban J connectivity index is 0.000000160. The molecule has 4 saturated heterocycles. The van der Waals surface area contributed by atoms with Crippen molar-refractivity contribution in [2.24, 2.45) is 29.6 Å². The molecule has 7 aliphatic heterocycles. The van der Waals surface area contributed by atoms with E-state index in [1.807, 2.05) is 43.5 Å². The van der Waals surface area contributed by atoms with Crippen molar-refractivity contribution in [1.82, 2.24) is 29.9 Å². The summed E-state index contributed by atoms with van der Waals surface area (Å²) in [7, 11) is 0. The second-order valence-electron chi connectivity index (χ2n) is 29.9. The van der Waals surface area contributed by atoms with Gasteiger partial charge in [0.25, 0.3) is 5.91 Å². The Morgan fingerprint density at radius 1 is 0.551 bits per heavy atom. The molecule has 8 atom stereocenters. The van der Waals surface area contributed by atoms with E-state index in [0.717, 1.165) is 145 Å². The summed E-state index contributed by atoms with van der Waals surface area (Å²) in [6.07, 6.45) is 2.79. The SMILES string of the molecule is CC[C@@H](C)CCc1ccnc(NC(=O)N2c3nc(C(=O)C[C@H](C)C(F)(F)F)ccc3N3CCC[C@H]2C3)c1.CC[C@H](C)CCc1ccc(CC(=O)N2c3nc(C(=O)C[C@H](C)C(F)(F)F)ccc3N3CCC[C@H]2C3)nc1.Cc1ccc(NC(=O)c2cc3c(nc2N2CCC[C@H](C(F)(F)F)C2)N[C@H]2CCCN3C2)nc1. The van der Waals surface area contributed by atoms with E-state index < -0.39 is 72.6 Å². The summed E-state index contributed by atoms with van der Waals surface area (Å²) in [5.74, 6) is -3.30. The highest BCUT2D eigenvalue weighted by Gasteiger charge is 2.46. The molecule has 3 N–H and O–H groups in total. The quantitative estimate of drug-likeness (QED) is 0.0478. The fourth-order valence-corrected chi connectivity index (χ4v) is 14.7. The molecule has 13 heterocycles. The number of nitrogens with one attached hydrogen (secondary N) is 3. The van der Waals surface area contributed by atoms with E-state index in [0.29, 0.717) is 84.2 Å². The average molecular weight is 1490 g/mol. The predicted octanol–water partition coefficient (Wildman–Crippen LogP) is 16.2. The van der Waals surface area contributed by atoms with Crippen molar-refractivity contribution in [2.45, 2.75) is 194 Å². The van der Waals surface area contributed by atoms with Crippen LogP contribution < -0.4 is 45.3 Å². The topological polar surface area (TPSA) is 218 Å². The van der Waals surface area contributed by atoms with Crippen molar-refractivity contribution >= 4 is 81.4 Å². The summed E-state index contributed by atoms with van der Waals surface area (Å²) < 4.78 is 119. The smallest absolute Gasteiger partial charge is 0.366 e. The lowest BCUT2D eigenvalue weighted by Gasteiger charge is -2.46. The van der Waals surface area contributed by atoms with E-state index in [4.69, 9.17) is 4.98 Å². The van der Waals surface area contributed by atoms with Gasteiger partial charge in [-0.2, -0.15) is 39.5 Å². The summed E-state index contributed by atoms with van der Waals surface area (Å²) >= 11 is 0. The summed E-state index contributed by atoms with van der Waals surface area (Å²) in [6.45, 7) is 17.5. The summed E-state index contributed by atoms with van der Waals surface area (Å²) in [5.41, 5.74) is 6.24. The number of hydrogen-bond acceptors (Lipinski definition) is 16. The van der Waals surface area contributed by atoms with Crippen molar-refractivity contribution in [3.05, 3.63) is 125 Å². The Hall–Kier alpha value is -9.18. The second-order valence-corrected chi connectivity index (χ2v) is 29.9. The van der Waals surface area contributed by atoms with Gasteiger partial charge >= 0.3 is 24.6 Å². The molecule has 4 amide bonds. The van der Waals surface area contributed by atoms with Gasteiger partial charge < -0.3 is 30.2 Å². The molecule has 29 heteroatoms. The van der Waals surface area contributed by atoms with Crippen molar-refractivity contribution < 1.29 is 63.5 Å². The van der Waals surface area contributed by atoms with Crippen LogP contribution in [0, 0.1) is 36.5 Å². The molecule has 6 aromatic rings. The number of amides is 4. The highest BCUT2D eigenvalue weighted by Crippen LogP contribution is 2.44. The largest absolute Gasteiger partial charge is 0.393 e. The molecule has 0 aromatic carbocycles. The van der Waals surface area contributed by atoms with Gasteiger partial charge in [0.1, 0.15) is 28.8 Å². The molecule has 6 aromatic heterocycles. The van der Waals surface area contributed by atoms with Gasteiger partial charge in [-0.25, -0.2) is 29.7 Å². The lowest BCUT2D eigenvalue weighted by Crippen LogP contribution is -2.56. The molecule has 0 saturated carbocycles. The van der Waals surface area contributed by atoms with Gasteiger partial charge in [0.15, 0.2) is 29.0 Å². The average Bonchev–Trinajstić information content (AvgIpc) is 0.766. The fraction of sp³-hybridized carbons (Fsp3) is 0.551. The number of ketones is 2. The minimum Gasteiger partial charge on any atom is -0.366 e. The molecule has 6 bridgehead atoms. The molecule has 4 fully saturated rings. The van der Waals surface area contributed by atoms with Crippen LogP contribution in [0.5, 0.6) is 0 Å². The Bertz CT molecular complexity index is 4130. The summed E-state index contributed by atoms with van der Waals surface area (Å²) in [4.78, 5) is 104. The number of carbonyl (C=O) groups is 5. The van der Waals surface area contributed by atoms with Gasteiger partial charge in [-0.3, -0.25) is 39.3 Å². The lowest BCUT2D eigenvalue weighted by atomic mass is 9.96. The number of halogens is 9. The lowest BCUT2D eigenvalue weighted by molar-refractivity contribution is -0.176. The first kappa shape index (κ1) is 78.9. The van der Waals surface area contributed by atoms with Crippen LogP contribution >= 0.6 is 0 Å². The summed E-state index contributed by atoms with van der Waals surface area (Å²) in [5, 5.41) is 9.10. The van der Waals surface area contributed by atoms with Gasteiger partial charge in [0.2, 0.25) is 5.91 Å². The zero-order valence-corrected chi connectivity index (χ0v) is 61.7. The van der Waals surface area contributed by atoms with E-state index in [2.05, 4.69) is 83.3 Å². The highest BCUT2D eigenvalue weighted by molar-refractivity contribution is 6.09. The second kappa shape index (κ2) is 33.9. The number of pyridine rings is 6. The van der Waals surface area contributed by atoms with Crippen molar-refractivity contribution in [2.75, 3.05) is 97.7 Å². The number of rotatable bonds is 20. The third-order valence-electron chi connectivity index (χ3n) is 21.7. The maximum Gasteiger partial charge on any atom is 0.393 e. The number of nitrogens with zero attached hydrogens (tertiary/aromatic N) is 12.